The van der Waals surface area contributed by atoms with Crippen LogP contribution in [0.2, 0.25) is 0 Å². The van der Waals surface area contributed by atoms with Crippen LogP contribution in [0.3, 0.4) is 0 Å². The van der Waals surface area contributed by atoms with Crippen LogP contribution in [0.4, 0.5) is 4.39 Å². The molecule has 0 aliphatic rings. The highest BCUT2D eigenvalue weighted by atomic mass is 19.1. The van der Waals surface area contributed by atoms with Crippen LogP contribution in [0.1, 0.15) is 42.8 Å². The maximum Gasteiger partial charge on any atom is 0.375 e. The molecule has 5 nitrogen and oxygen atoms in total. The third-order valence-electron chi connectivity index (χ3n) is 2.87. The van der Waals surface area contributed by atoms with E-state index < -0.39 is 17.2 Å². The van der Waals surface area contributed by atoms with Gasteiger partial charge in [-0.15, -0.1) is 5.10 Å². The lowest BCUT2D eigenvalue weighted by Gasteiger charge is -2.19. The third-order valence-corrected chi connectivity index (χ3v) is 2.87. The smallest absolute Gasteiger partial charge is 0.375 e. The minimum absolute atomic E-state index is 0.234. The fraction of sp³-hybridized carbons (Fsp3) is 0.357. The summed E-state index contributed by atoms with van der Waals surface area (Å²) in [5.41, 5.74) is 0.435. The zero-order chi connectivity index (χ0) is 15.1. The van der Waals surface area contributed by atoms with Gasteiger partial charge in [0, 0.05) is 5.41 Å². The normalized spacial score (nSPS) is 11.7. The molecular formula is C14H16FN3O2. The summed E-state index contributed by atoms with van der Waals surface area (Å²) in [5.74, 6) is -1.62. The first-order valence-electron chi connectivity index (χ1n) is 6.18. The number of aromatic carboxylic acids is 1. The molecule has 1 aromatic heterocycles. The molecule has 0 fully saturated rings. The van der Waals surface area contributed by atoms with Crippen LogP contribution in [0, 0.1) is 12.7 Å². The van der Waals surface area contributed by atoms with Crippen molar-refractivity contribution in [3.05, 3.63) is 41.2 Å². The van der Waals surface area contributed by atoms with Gasteiger partial charge in [0.05, 0.1) is 0 Å². The quantitative estimate of drug-likeness (QED) is 0.916. The molecule has 0 radical (unpaired) electrons. The van der Waals surface area contributed by atoms with Gasteiger partial charge in [0.15, 0.2) is 0 Å². The van der Waals surface area contributed by atoms with Crippen molar-refractivity contribution >= 4 is 5.97 Å². The minimum Gasteiger partial charge on any atom is -0.475 e. The second-order valence-corrected chi connectivity index (χ2v) is 5.63. The summed E-state index contributed by atoms with van der Waals surface area (Å²) in [6.07, 6.45) is 0. The molecule has 106 valence electrons. The number of hydrogen-bond acceptors (Lipinski definition) is 3. The lowest BCUT2D eigenvalue weighted by molar-refractivity contribution is 0.0683. The Balaban J connectivity index is 2.76. The lowest BCUT2D eigenvalue weighted by Crippen LogP contribution is -2.20. The number of nitrogens with zero attached hydrogens (tertiary/aromatic N) is 3. The summed E-state index contributed by atoms with van der Waals surface area (Å²) in [7, 11) is 0. The summed E-state index contributed by atoms with van der Waals surface area (Å²) >= 11 is 0. The first kappa shape index (κ1) is 14.2. The van der Waals surface area contributed by atoms with Crippen LogP contribution < -0.4 is 0 Å². The Morgan fingerprint density at radius 1 is 1.35 bits per heavy atom. The number of hydrogen-bond donors (Lipinski definition) is 1. The van der Waals surface area contributed by atoms with E-state index in [1.165, 1.54) is 10.7 Å². The molecule has 0 unspecified atom stereocenters. The molecule has 0 bridgehead atoms. The number of carbonyl (C=O) groups is 1. The number of halogens is 1. The van der Waals surface area contributed by atoms with E-state index in [1.54, 1.807) is 19.1 Å². The first-order chi connectivity index (χ1) is 9.21. The average molecular weight is 277 g/mol. The Bertz CT molecular complexity index is 651. The standard InChI is InChI=1S/C14H16FN3O2/c1-8-6-5-7-9(15)10(8)18-13(14(2,3)4)16-11(17-18)12(19)20/h5-7H,1-4H3,(H,19,20). The number of carboxylic acid groups (broad SMARTS) is 1. The zero-order valence-corrected chi connectivity index (χ0v) is 11.8. The van der Waals surface area contributed by atoms with Gasteiger partial charge in [-0.2, -0.15) is 0 Å². The molecular weight excluding hydrogens is 261 g/mol. The zero-order valence-electron chi connectivity index (χ0n) is 11.8. The molecule has 0 saturated heterocycles. The van der Waals surface area contributed by atoms with Crippen molar-refractivity contribution in [3.63, 3.8) is 0 Å². The van der Waals surface area contributed by atoms with E-state index in [0.717, 1.165) is 0 Å². The Morgan fingerprint density at radius 3 is 2.50 bits per heavy atom. The topological polar surface area (TPSA) is 68.0 Å². The van der Waals surface area contributed by atoms with Gasteiger partial charge in [-0.05, 0) is 18.6 Å². The average Bonchev–Trinajstić information content (AvgIpc) is 2.73. The van der Waals surface area contributed by atoms with Crippen LogP contribution in [0.5, 0.6) is 0 Å². The molecule has 2 aromatic rings. The number of carboxylic acids is 1. The van der Waals surface area contributed by atoms with Crippen LogP contribution >= 0.6 is 0 Å². The van der Waals surface area contributed by atoms with Gasteiger partial charge >= 0.3 is 5.97 Å². The van der Waals surface area contributed by atoms with Crippen LogP contribution in [0.15, 0.2) is 18.2 Å². The van der Waals surface area contributed by atoms with Crippen LogP contribution in [-0.2, 0) is 5.41 Å². The summed E-state index contributed by atoms with van der Waals surface area (Å²) in [6.45, 7) is 7.35. The molecule has 0 atom stereocenters. The number of benzene rings is 1. The largest absolute Gasteiger partial charge is 0.475 e. The molecule has 6 heteroatoms. The summed E-state index contributed by atoms with van der Waals surface area (Å²) in [5, 5.41) is 13.0. The van der Waals surface area contributed by atoms with Crippen molar-refractivity contribution in [2.45, 2.75) is 33.1 Å². The maximum absolute atomic E-state index is 14.1. The molecule has 0 saturated carbocycles. The van der Waals surface area contributed by atoms with E-state index in [0.29, 0.717) is 11.4 Å². The third kappa shape index (κ3) is 2.41. The maximum atomic E-state index is 14.1. The Labute approximate surface area is 116 Å². The van der Waals surface area contributed by atoms with Gasteiger partial charge < -0.3 is 5.11 Å². The molecule has 0 aliphatic heterocycles. The number of aryl methyl sites for hydroxylation is 1. The van der Waals surface area contributed by atoms with Crippen molar-refractivity contribution in [2.75, 3.05) is 0 Å². The highest BCUT2D eigenvalue weighted by molar-refractivity contribution is 5.83. The second kappa shape index (κ2) is 4.70. The molecule has 1 N–H and O–H groups in total. The van der Waals surface area contributed by atoms with Gasteiger partial charge in [0.1, 0.15) is 17.3 Å². The molecule has 0 amide bonds. The van der Waals surface area contributed by atoms with Gasteiger partial charge in [0.2, 0.25) is 0 Å². The number of para-hydroxylation sites is 1. The molecule has 0 aliphatic carbocycles. The van der Waals surface area contributed by atoms with Crippen molar-refractivity contribution < 1.29 is 14.3 Å². The van der Waals surface area contributed by atoms with Crippen LogP contribution in [-0.4, -0.2) is 25.8 Å². The van der Waals surface area contributed by atoms with E-state index in [-0.39, 0.29) is 11.5 Å². The van der Waals surface area contributed by atoms with E-state index in [1.807, 2.05) is 20.8 Å². The number of rotatable bonds is 2. The molecule has 1 aromatic carbocycles. The summed E-state index contributed by atoms with van der Waals surface area (Å²) in [4.78, 5) is 15.1. The molecule has 1 heterocycles. The molecule has 2 rings (SSSR count). The van der Waals surface area contributed by atoms with Crippen molar-refractivity contribution in [3.8, 4) is 5.69 Å². The van der Waals surface area contributed by atoms with Gasteiger partial charge in [-0.25, -0.2) is 18.9 Å². The Kier molecular flexibility index (Phi) is 3.33. The fourth-order valence-electron chi connectivity index (χ4n) is 1.94. The Hall–Kier alpha value is -2.24. The monoisotopic (exact) mass is 277 g/mol. The van der Waals surface area contributed by atoms with Gasteiger partial charge in [0.25, 0.3) is 5.82 Å². The van der Waals surface area contributed by atoms with Crippen LogP contribution in [0.25, 0.3) is 5.69 Å². The molecule has 0 spiro atoms. The summed E-state index contributed by atoms with van der Waals surface area (Å²) in [6, 6.07) is 4.66. The lowest BCUT2D eigenvalue weighted by atomic mass is 9.95. The predicted octanol–water partition coefficient (Wildman–Crippen LogP) is 2.71. The highest BCUT2D eigenvalue weighted by Gasteiger charge is 2.27. The second-order valence-electron chi connectivity index (χ2n) is 5.63. The minimum atomic E-state index is -1.23. The summed E-state index contributed by atoms with van der Waals surface area (Å²) < 4.78 is 15.4. The van der Waals surface area contributed by atoms with Crippen molar-refractivity contribution in [1.82, 2.24) is 14.8 Å². The number of aromatic nitrogens is 3. The highest BCUT2D eigenvalue weighted by Crippen LogP contribution is 2.26. The van der Waals surface area contributed by atoms with E-state index in [9.17, 15) is 9.18 Å². The van der Waals surface area contributed by atoms with Crippen molar-refractivity contribution in [2.24, 2.45) is 0 Å². The van der Waals surface area contributed by atoms with E-state index in [2.05, 4.69) is 10.1 Å². The van der Waals surface area contributed by atoms with Gasteiger partial charge in [-0.1, -0.05) is 32.9 Å². The SMILES string of the molecule is Cc1cccc(F)c1-n1nc(C(=O)O)nc1C(C)(C)C. The van der Waals surface area contributed by atoms with Crippen molar-refractivity contribution in [1.29, 1.82) is 0 Å². The first-order valence-corrected chi connectivity index (χ1v) is 6.18. The Morgan fingerprint density at radius 2 is 2.00 bits per heavy atom. The van der Waals surface area contributed by atoms with Gasteiger partial charge in [-0.3, -0.25) is 0 Å². The predicted molar refractivity (Wildman–Crippen MR) is 71.7 cm³/mol. The van der Waals surface area contributed by atoms with E-state index in [4.69, 9.17) is 5.11 Å². The fourth-order valence-corrected chi connectivity index (χ4v) is 1.94. The van der Waals surface area contributed by atoms with E-state index >= 15 is 0 Å². The molecule has 20 heavy (non-hydrogen) atoms.